The fraction of sp³-hybridized carbons (Fsp3) is 0.0588. The lowest BCUT2D eigenvalue weighted by molar-refractivity contribution is 0.102. The highest BCUT2D eigenvalue weighted by Gasteiger charge is 2.13. The summed E-state index contributed by atoms with van der Waals surface area (Å²) in [5, 5.41) is 4.22. The van der Waals surface area contributed by atoms with E-state index in [0.29, 0.717) is 27.5 Å². The Morgan fingerprint density at radius 1 is 1.14 bits per heavy atom. The Bertz CT molecular complexity index is 849. The smallest absolute Gasteiger partial charge is 0.259 e. The average Bonchev–Trinajstić information content (AvgIpc) is 2.55. The Balaban J connectivity index is 2.00. The number of anilines is 1. The van der Waals surface area contributed by atoms with Crippen molar-refractivity contribution in [2.24, 2.45) is 0 Å². The number of amides is 1. The number of nitrogens with zero attached hydrogens (tertiary/aromatic N) is 1. The van der Waals surface area contributed by atoms with Crippen molar-refractivity contribution in [1.29, 1.82) is 0 Å². The molecule has 3 aromatic rings. The summed E-state index contributed by atoms with van der Waals surface area (Å²) in [6.45, 7) is 0. The van der Waals surface area contributed by atoms with Gasteiger partial charge in [-0.2, -0.15) is 0 Å². The second-order valence-electron chi connectivity index (χ2n) is 4.65. The number of nitrogens with one attached hydrogen (secondary N) is 1. The quantitative estimate of drug-likeness (QED) is 0.790. The van der Waals surface area contributed by atoms with Gasteiger partial charge < -0.3 is 10.1 Å². The van der Waals surface area contributed by atoms with E-state index in [4.69, 9.17) is 16.3 Å². The average molecular weight is 313 g/mol. The van der Waals surface area contributed by atoms with Crippen LogP contribution >= 0.6 is 11.6 Å². The molecule has 4 nitrogen and oxygen atoms in total. The zero-order chi connectivity index (χ0) is 15.5. The van der Waals surface area contributed by atoms with Gasteiger partial charge in [0.05, 0.1) is 28.9 Å². The lowest BCUT2D eigenvalue weighted by atomic mass is 10.1. The fourth-order valence-corrected chi connectivity index (χ4v) is 2.49. The highest BCUT2D eigenvalue weighted by molar-refractivity contribution is 6.35. The molecule has 0 aliphatic carbocycles. The first kappa shape index (κ1) is 14.4. The van der Waals surface area contributed by atoms with Gasteiger partial charge in [0, 0.05) is 11.6 Å². The van der Waals surface area contributed by atoms with Gasteiger partial charge in [0.1, 0.15) is 5.75 Å². The van der Waals surface area contributed by atoms with Gasteiger partial charge in [0.25, 0.3) is 5.91 Å². The summed E-state index contributed by atoms with van der Waals surface area (Å²) in [5.74, 6) is 0.279. The standard InChI is InChI=1S/C17H13ClN2O2/c1-22-15-8-3-2-5-12(15)17(21)20-14-9-10-19-16-11(14)6-4-7-13(16)18/h2-10H,1H3,(H,19,20,21). The molecule has 0 saturated heterocycles. The van der Waals surface area contributed by atoms with Crippen molar-refractivity contribution in [3.63, 3.8) is 0 Å². The van der Waals surface area contributed by atoms with Gasteiger partial charge in [-0.25, -0.2) is 0 Å². The van der Waals surface area contributed by atoms with Crippen LogP contribution in [0.5, 0.6) is 5.75 Å². The van der Waals surface area contributed by atoms with Gasteiger partial charge in [-0.1, -0.05) is 35.9 Å². The van der Waals surface area contributed by atoms with Crippen LogP contribution in [0.15, 0.2) is 54.7 Å². The SMILES string of the molecule is COc1ccccc1C(=O)Nc1ccnc2c(Cl)cccc12. The van der Waals surface area contributed by atoms with Gasteiger partial charge in [0.15, 0.2) is 0 Å². The first-order valence-corrected chi connectivity index (χ1v) is 7.06. The van der Waals surface area contributed by atoms with E-state index in [-0.39, 0.29) is 5.91 Å². The van der Waals surface area contributed by atoms with Crippen molar-refractivity contribution in [3.8, 4) is 5.75 Å². The molecule has 0 radical (unpaired) electrons. The van der Waals surface area contributed by atoms with Gasteiger partial charge in [-0.3, -0.25) is 9.78 Å². The van der Waals surface area contributed by atoms with Crippen molar-refractivity contribution in [2.45, 2.75) is 0 Å². The number of benzene rings is 2. The number of halogens is 1. The number of aromatic nitrogens is 1. The first-order chi connectivity index (χ1) is 10.7. The van der Waals surface area contributed by atoms with Crippen molar-refractivity contribution in [2.75, 3.05) is 12.4 Å². The molecule has 5 heteroatoms. The summed E-state index contributed by atoms with van der Waals surface area (Å²) in [7, 11) is 1.54. The highest BCUT2D eigenvalue weighted by Crippen LogP contribution is 2.28. The minimum absolute atomic E-state index is 0.245. The van der Waals surface area contributed by atoms with E-state index >= 15 is 0 Å². The maximum absolute atomic E-state index is 12.5. The molecule has 1 heterocycles. The molecule has 3 rings (SSSR count). The zero-order valence-electron chi connectivity index (χ0n) is 11.8. The van der Waals surface area contributed by atoms with Gasteiger partial charge in [0.2, 0.25) is 0 Å². The number of para-hydroxylation sites is 2. The van der Waals surface area contributed by atoms with Gasteiger partial charge in [-0.05, 0) is 24.3 Å². The molecule has 0 unspecified atom stereocenters. The minimum Gasteiger partial charge on any atom is -0.496 e. The maximum atomic E-state index is 12.5. The van der Waals surface area contributed by atoms with E-state index in [1.807, 2.05) is 18.2 Å². The molecule has 0 fully saturated rings. The molecular weight excluding hydrogens is 300 g/mol. The van der Waals surface area contributed by atoms with Crippen LogP contribution in [-0.4, -0.2) is 18.0 Å². The normalized spacial score (nSPS) is 10.5. The lowest BCUT2D eigenvalue weighted by Crippen LogP contribution is -2.13. The van der Waals surface area contributed by atoms with E-state index in [0.717, 1.165) is 5.39 Å². The first-order valence-electron chi connectivity index (χ1n) is 6.68. The molecule has 0 saturated carbocycles. The van der Waals surface area contributed by atoms with Crippen molar-refractivity contribution < 1.29 is 9.53 Å². The molecule has 1 N–H and O–H groups in total. The van der Waals surface area contributed by atoms with Crippen LogP contribution in [0.3, 0.4) is 0 Å². The number of carbonyl (C=O) groups excluding carboxylic acids is 1. The van der Waals surface area contributed by atoms with Crippen LogP contribution in [0.2, 0.25) is 5.02 Å². The van der Waals surface area contributed by atoms with Gasteiger partial charge >= 0.3 is 0 Å². The van der Waals surface area contributed by atoms with Crippen LogP contribution in [0, 0.1) is 0 Å². The summed E-state index contributed by atoms with van der Waals surface area (Å²) >= 11 is 6.14. The lowest BCUT2D eigenvalue weighted by Gasteiger charge is -2.11. The number of pyridine rings is 1. The molecular formula is C17H13ClN2O2. The second kappa shape index (κ2) is 6.03. The molecule has 2 aromatic carbocycles. The van der Waals surface area contributed by atoms with Gasteiger partial charge in [-0.15, -0.1) is 0 Å². The van der Waals surface area contributed by atoms with E-state index in [1.54, 1.807) is 36.5 Å². The number of ether oxygens (including phenoxy) is 1. The highest BCUT2D eigenvalue weighted by atomic mass is 35.5. The Kier molecular flexibility index (Phi) is 3.94. The Morgan fingerprint density at radius 2 is 1.95 bits per heavy atom. The monoisotopic (exact) mass is 312 g/mol. The minimum atomic E-state index is -0.245. The van der Waals surface area contributed by atoms with Crippen LogP contribution in [-0.2, 0) is 0 Å². The molecule has 1 amide bonds. The maximum Gasteiger partial charge on any atom is 0.259 e. The van der Waals surface area contributed by atoms with E-state index < -0.39 is 0 Å². The molecule has 22 heavy (non-hydrogen) atoms. The van der Waals surface area contributed by atoms with Crippen LogP contribution < -0.4 is 10.1 Å². The third-order valence-corrected chi connectivity index (χ3v) is 3.63. The van der Waals surface area contributed by atoms with E-state index in [9.17, 15) is 4.79 Å². The van der Waals surface area contributed by atoms with Crippen molar-refractivity contribution in [1.82, 2.24) is 4.98 Å². The third-order valence-electron chi connectivity index (χ3n) is 3.32. The Morgan fingerprint density at radius 3 is 2.77 bits per heavy atom. The Labute approximate surface area is 132 Å². The van der Waals surface area contributed by atoms with Crippen molar-refractivity contribution >= 4 is 34.1 Å². The number of hydrogen-bond donors (Lipinski definition) is 1. The summed E-state index contributed by atoms with van der Waals surface area (Å²) in [4.78, 5) is 16.7. The van der Waals surface area contributed by atoms with Crippen LogP contribution in [0.25, 0.3) is 10.9 Å². The number of carbonyl (C=O) groups is 1. The third kappa shape index (κ3) is 2.61. The molecule has 1 aromatic heterocycles. The molecule has 0 atom stereocenters. The summed E-state index contributed by atoms with van der Waals surface area (Å²) in [5.41, 5.74) is 1.78. The number of fused-ring (bicyclic) bond motifs is 1. The van der Waals surface area contributed by atoms with Crippen LogP contribution in [0.1, 0.15) is 10.4 Å². The number of hydrogen-bond acceptors (Lipinski definition) is 3. The topological polar surface area (TPSA) is 51.2 Å². The zero-order valence-corrected chi connectivity index (χ0v) is 12.6. The molecule has 0 aliphatic rings. The fourth-order valence-electron chi connectivity index (χ4n) is 2.27. The molecule has 110 valence electrons. The molecule has 0 bridgehead atoms. The molecule has 0 spiro atoms. The van der Waals surface area contributed by atoms with E-state index in [2.05, 4.69) is 10.3 Å². The number of rotatable bonds is 3. The van der Waals surface area contributed by atoms with E-state index in [1.165, 1.54) is 7.11 Å². The summed E-state index contributed by atoms with van der Waals surface area (Å²) in [6.07, 6.45) is 1.62. The summed E-state index contributed by atoms with van der Waals surface area (Å²) in [6, 6.07) is 14.3. The van der Waals surface area contributed by atoms with Crippen LogP contribution in [0.4, 0.5) is 5.69 Å². The molecule has 0 aliphatic heterocycles. The number of methoxy groups -OCH3 is 1. The second-order valence-corrected chi connectivity index (χ2v) is 5.06. The summed E-state index contributed by atoms with van der Waals surface area (Å²) < 4.78 is 5.22. The largest absolute Gasteiger partial charge is 0.496 e. The predicted octanol–water partition coefficient (Wildman–Crippen LogP) is 4.15. The Hall–Kier alpha value is -2.59. The van der Waals surface area contributed by atoms with Crippen molar-refractivity contribution in [3.05, 3.63) is 65.3 Å². The predicted molar refractivity (Wildman–Crippen MR) is 87.7 cm³/mol.